The summed E-state index contributed by atoms with van der Waals surface area (Å²) in [5.41, 5.74) is 0.0876. The molecule has 0 aromatic carbocycles. The third-order valence-electron chi connectivity index (χ3n) is 4.48. The highest BCUT2D eigenvalue weighted by atomic mass is 16.5. The molecule has 1 saturated heterocycles. The molecule has 0 aromatic rings. The van der Waals surface area contributed by atoms with Crippen LogP contribution in [-0.4, -0.2) is 18.0 Å². The summed E-state index contributed by atoms with van der Waals surface area (Å²) in [6.07, 6.45) is 9.02. The maximum atomic E-state index is 11.9. The van der Waals surface area contributed by atoms with Gasteiger partial charge in [-0.25, -0.2) is 0 Å². The SMILES string of the molecule is O=C1CCC[C@@]12COC1(CCCC1)C2. The van der Waals surface area contributed by atoms with Crippen molar-refractivity contribution < 1.29 is 9.53 Å². The third-order valence-corrected chi connectivity index (χ3v) is 4.48. The molecule has 0 N–H and O–H groups in total. The number of hydrogen-bond acceptors (Lipinski definition) is 2. The normalized spacial score (nSPS) is 40.4. The van der Waals surface area contributed by atoms with E-state index in [2.05, 4.69) is 0 Å². The minimum Gasteiger partial charge on any atom is -0.374 e. The molecule has 0 bridgehead atoms. The smallest absolute Gasteiger partial charge is 0.141 e. The molecule has 2 nitrogen and oxygen atoms in total. The summed E-state index contributed by atoms with van der Waals surface area (Å²) in [6, 6.07) is 0. The number of Topliss-reactive ketones (excluding diaryl/α,β-unsaturated/α-hetero) is 1. The zero-order valence-electron chi connectivity index (χ0n) is 8.68. The number of hydrogen-bond donors (Lipinski definition) is 0. The monoisotopic (exact) mass is 194 g/mol. The van der Waals surface area contributed by atoms with Crippen molar-refractivity contribution in [3.05, 3.63) is 0 Å². The highest BCUT2D eigenvalue weighted by molar-refractivity contribution is 5.87. The number of ketones is 1. The van der Waals surface area contributed by atoms with Gasteiger partial charge in [0.05, 0.1) is 17.6 Å². The molecule has 1 aliphatic heterocycles. The molecule has 78 valence electrons. The van der Waals surface area contributed by atoms with Gasteiger partial charge in [0.2, 0.25) is 0 Å². The van der Waals surface area contributed by atoms with Crippen LogP contribution < -0.4 is 0 Å². The van der Waals surface area contributed by atoms with Gasteiger partial charge in [0, 0.05) is 6.42 Å². The predicted molar refractivity (Wildman–Crippen MR) is 53.1 cm³/mol. The van der Waals surface area contributed by atoms with Gasteiger partial charge >= 0.3 is 0 Å². The molecule has 2 heteroatoms. The van der Waals surface area contributed by atoms with Crippen LogP contribution in [0.3, 0.4) is 0 Å². The second kappa shape index (κ2) is 2.82. The van der Waals surface area contributed by atoms with Crippen LogP contribution in [-0.2, 0) is 9.53 Å². The zero-order valence-corrected chi connectivity index (χ0v) is 8.68. The standard InChI is InChI=1S/C12H18O2/c13-10-4-3-5-11(10)8-12(14-9-11)6-1-2-7-12/h1-9H2/t11-/m1/s1. The van der Waals surface area contributed by atoms with E-state index in [1.807, 2.05) is 0 Å². The predicted octanol–water partition coefficient (Wildman–Crippen LogP) is 2.46. The molecular formula is C12H18O2. The first-order chi connectivity index (χ1) is 6.75. The quantitative estimate of drug-likeness (QED) is 0.592. The van der Waals surface area contributed by atoms with Crippen LogP contribution in [0.1, 0.15) is 51.4 Å². The maximum absolute atomic E-state index is 11.9. The van der Waals surface area contributed by atoms with Crippen molar-refractivity contribution in [3.63, 3.8) is 0 Å². The van der Waals surface area contributed by atoms with Crippen LogP contribution in [0.15, 0.2) is 0 Å². The van der Waals surface area contributed by atoms with E-state index in [9.17, 15) is 4.79 Å². The molecule has 0 aromatic heterocycles. The van der Waals surface area contributed by atoms with E-state index in [0.29, 0.717) is 5.78 Å². The molecule has 0 radical (unpaired) electrons. The van der Waals surface area contributed by atoms with Gasteiger partial charge in [-0.2, -0.15) is 0 Å². The molecule has 3 aliphatic rings. The number of ether oxygens (including phenoxy) is 1. The largest absolute Gasteiger partial charge is 0.374 e. The summed E-state index contributed by atoms with van der Waals surface area (Å²) < 4.78 is 5.99. The first-order valence-electron chi connectivity index (χ1n) is 5.92. The zero-order chi connectivity index (χ0) is 9.65. The van der Waals surface area contributed by atoms with E-state index in [1.54, 1.807) is 0 Å². The fourth-order valence-electron chi connectivity index (χ4n) is 3.68. The molecule has 1 heterocycles. The number of carbonyl (C=O) groups excluding carboxylic acids is 1. The van der Waals surface area contributed by atoms with Gasteiger partial charge in [0.25, 0.3) is 0 Å². The Hall–Kier alpha value is -0.370. The summed E-state index contributed by atoms with van der Waals surface area (Å²) in [7, 11) is 0. The Morgan fingerprint density at radius 1 is 1.07 bits per heavy atom. The van der Waals surface area contributed by atoms with Crippen molar-refractivity contribution in [2.45, 2.75) is 57.0 Å². The Morgan fingerprint density at radius 3 is 2.50 bits per heavy atom. The van der Waals surface area contributed by atoms with Crippen LogP contribution in [0, 0.1) is 5.41 Å². The first-order valence-corrected chi connectivity index (χ1v) is 5.92. The van der Waals surface area contributed by atoms with E-state index >= 15 is 0 Å². The Labute approximate surface area is 85.0 Å². The van der Waals surface area contributed by atoms with Gasteiger partial charge in [-0.15, -0.1) is 0 Å². The van der Waals surface area contributed by atoms with E-state index in [1.165, 1.54) is 25.7 Å². The molecule has 2 spiro atoms. The molecule has 1 atom stereocenters. The van der Waals surface area contributed by atoms with Crippen LogP contribution >= 0.6 is 0 Å². The van der Waals surface area contributed by atoms with Crippen LogP contribution in [0.25, 0.3) is 0 Å². The summed E-state index contributed by atoms with van der Waals surface area (Å²) in [6.45, 7) is 0.728. The maximum Gasteiger partial charge on any atom is 0.141 e. The van der Waals surface area contributed by atoms with Crippen molar-refractivity contribution in [1.29, 1.82) is 0 Å². The lowest BCUT2D eigenvalue weighted by atomic mass is 9.78. The van der Waals surface area contributed by atoms with E-state index in [4.69, 9.17) is 4.74 Å². The molecule has 0 unspecified atom stereocenters. The number of carbonyl (C=O) groups is 1. The van der Waals surface area contributed by atoms with Gasteiger partial charge in [-0.3, -0.25) is 4.79 Å². The fourth-order valence-corrected chi connectivity index (χ4v) is 3.68. The second-order valence-corrected chi connectivity index (χ2v) is 5.41. The van der Waals surface area contributed by atoms with Crippen molar-refractivity contribution in [2.75, 3.05) is 6.61 Å². The van der Waals surface area contributed by atoms with Gasteiger partial charge in [-0.1, -0.05) is 12.8 Å². The van der Waals surface area contributed by atoms with E-state index < -0.39 is 0 Å². The minimum absolute atomic E-state index is 0.0374. The molecule has 3 rings (SSSR count). The Balaban J connectivity index is 1.83. The molecular weight excluding hydrogens is 176 g/mol. The van der Waals surface area contributed by atoms with E-state index in [-0.39, 0.29) is 11.0 Å². The second-order valence-electron chi connectivity index (χ2n) is 5.41. The van der Waals surface area contributed by atoms with Gasteiger partial charge in [-0.05, 0) is 32.1 Å². The fraction of sp³-hybridized carbons (Fsp3) is 0.917. The van der Waals surface area contributed by atoms with Crippen molar-refractivity contribution in [3.8, 4) is 0 Å². The van der Waals surface area contributed by atoms with Gasteiger partial charge in [0.15, 0.2) is 0 Å². The summed E-state index contributed by atoms with van der Waals surface area (Å²) in [5, 5.41) is 0. The molecule has 3 fully saturated rings. The molecule has 14 heavy (non-hydrogen) atoms. The van der Waals surface area contributed by atoms with Gasteiger partial charge < -0.3 is 4.74 Å². The van der Waals surface area contributed by atoms with E-state index in [0.717, 1.165) is 32.3 Å². The Morgan fingerprint density at radius 2 is 1.86 bits per heavy atom. The van der Waals surface area contributed by atoms with Crippen molar-refractivity contribution in [1.82, 2.24) is 0 Å². The number of rotatable bonds is 0. The lowest BCUT2D eigenvalue weighted by Gasteiger charge is -2.24. The Kier molecular flexibility index (Phi) is 1.79. The average molecular weight is 194 g/mol. The van der Waals surface area contributed by atoms with Crippen molar-refractivity contribution in [2.24, 2.45) is 5.41 Å². The highest BCUT2D eigenvalue weighted by Gasteiger charge is 2.55. The first kappa shape index (κ1) is 8.90. The van der Waals surface area contributed by atoms with Crippen LogP contribution in [0.2, 0.25) is 0 Å². The summed E-state index contributed by atoms with van der Waals surface area (Å²) in [5.74, 6) is 0.487. The molecule has 2 aliphatic carbocycles. The van der Waals surface area contributed by atoms with Crippen molar-refractivity contribution >= 4 is 5.78 Å². The third kappa shape index (κ3) is 1.10. The molecule has 0 amide bonds. The Bertz CT molecular complexity index is 265. The van der Waals surface area contributed by atoms with Gasteiger partial charge in [0.1, 0.15) is 5.78 Å². The molecule has 2 saturated carbocycles. The summed E-state index contributed by atoms with van der Waals surface area (Å²) in [4.78, 5) is 11.9. The van der Waals surface area contributed by atoms with Crippen LogP contribution in [0.5, 0.6) is 0 Å². The topological polar surface area (TPSA) is 26.3 Å². The summed E-state index contributed by atoms with van der Waals surface area (Å²) >= 11 is 0. The lowest BCUT2D eigenvalue weighted by molar-refractivity contribution is -0.125. The van der Waals surface area contributed by atoms with Crippen LogP contribution in [0.4, 0.5) is 0 Å². The minimum atomic E-state index is -0.0374. The highest BCUT2D eigenvalue weighted by Crippen LogP contribution is 2.53. The lowest BCUT2D eigenvalue weighted by Crippen LogP contribution is -2.29. The average Bonchev–Trinajstić information content (AvgIpc) is 2.84.